The van der Waals surface area contributed by atoms with E-state index in [9.17, 15) is 27.6 Å². The molecule has 3 heterocycles. The van der Waals surface area contributed by atoms with Gasteiger partial charge in [-0.2, -0.15) is 23.4 Å². The Balaban J connectivity index is 1.61. The zero-order valence-electron chi connectivity index (χ0n) is 19.5. The predicted molar refractivity (Wildman–Crippen MR) is 126 cm³/mol. The lowest BCUT2D eigenvalue weighted by molar-refractivity contribution is -0.138. The monoisotopic (exact) mass is 512 g/mol. The van der Waals surface area contributed by atoms with Gasteiger partial charge in [0.05, 0.1) is 36.5 Å². The van der Waals surface area contributed by atoms with E-state index in [1.165, 1.54) is 59.0 Å². The first-order valence-corrected chi connectivity index (χ1v) is 11.3. The Morgan fingerprint density at radius 1 is 1.16 bits per heavy atom. The molecule has 1 aliphatic rings. The van der Waals surface area contributed by atoms with E-state index in [0.717, 1.165) is 6.07 Å². The van der Waals surface area contributed by atoms with Crippen LogP contribution in [0.2, 0.25) is 0 Å². The Morgan fingerprint density at radius 3 is 2.68 bits per heavy atom. The molecule has 0 bridgehead atoms. The lowest BCUT2D eigenvalue weighted by atomic mass is 10.1. The first-order chi connectivity index (χ1) is 17.7. The smallest absolute Gasteiger partial charge is 0.416 e. The quantitative estimate of drug-likeness (QED) is 0.374. The van der Waals surface area contributed by atoms with Crippen LogP contribution < -0.4 is 15.3 Å². The zero-order chi connectivity index (χ0) is 26.3. The van der Waals surface area contributed by atoms with Crippen molar-refractivity contribution in [1.29, 1.82) is 5.26 Å². The molecule has 0 spiro atoms. The summed E-state index contributed by atoms with van der Waals surface area (Å²) in [5.74, 6) is -0.511. The molecule has 37 heavy (non-hydrogen) atoms. The van der Waals surface area contributed by atoms with Crippen molar-refractivity contribution in [3.63, 3.8) is 0 Å². The van der Waals surface area contributed by atoms with Gasteiger partial charge in [-0.15, -0.1) is 0 Å². The van der Waals surface area contributed by atoms with E-state index in [4.69, 9.17) is 4.74 Å². The van der Waals surface area contributed by atoms with Crippen LogP contribution in [0.25, 0.3) is 11.2 Å². The third-order valence-electron chi connectivity index (χ3n) is 6.50. The molecule has 0 unspecified atom stereocenters. The van der Waals surface area contributed by atoms with Crippen molar-refractivity contribution in [1.82, 2.24) is 19.1 Å². The van der Waals surface area contributed by atoms with Crippen molar-refractivity contribution >= 4 is 16.9 Å². The molecule has 2 aromatic heterocycles. The summed E-state index contributed by atoms with van der Waals surface area (Å²) in [7, 11) is 1.34. The maximum Gasteiger partial charge on any atom is 0.416 e. The van der Waals surface area contributed by atoms with Crippen LogP contribution in [0.4, 0.5) is 23.2 Å². The molecule has 12 heteroatoms. The topological polar surface area (TPSA) is 89.0 Å². The zero-order valence-corrected chi connectivity index (χ0v) is 19.5. The number of hydrogen-bond donors (Lipinski definition) is 0. The highest BCUT2D eigenvalue weighted by Gasteiger charge is 2.35. The van der Waals surface area contributed by atoms with Crippen molar-refractivity contribution in [3.05, 3.63) is 81.8 Å². The fraction of sp³-hybridized carbons (Fsp3) is 0.280. The summed E-state index contributed by atoms with van der Waals surface area (Å²) < 4.78 is 63.5. The van der Waals surface area contributed by atoms with Crippen LogP contribution in [0.1, 0.15) is 29.2 Å². The van der Waals surface area contributed by atoms with Gasteiger partial charge in [-0.25, -0.2) is 14.2 Å². The van der Waals surface area contributed by atoms with E-state index in [1.54, 1.807) is 4.90 Å². The Kier molecular flexibility index (Phi) is 6.07. The number of para-hydroxylation sites is 1. The normalized spacial score (nSPS) is 15.8. The van der Waals surface area contributed by atoms with Gasteiger partial charge in [0.2, 0.25) is 5.88 Å². The fourth-order valence-electron chi connectivity index (χ4n) is 4.90. The molecular weight excluding hydrogens is 492 g/mol. The van der Waals surface area contributed by atoms with Crippen LogP contribution in [0.5, 0.6) is 5.88 Å². The van der Waals surface area contributed by atoms with Gasteiger partial charge in [0, 0.05) is 13.1 Å². The van der Waals surface area contributed by atoms with Crippen LogP contribution in [-0.4, -0.2) is 39.3 Å². The Hall–Kier alpha value is -4.40. The lowest BCUT2D eigenvalue weighted by Gasteiger charge is -2.20. The molecule has 0 radical (unpaired) electrons. The molecule has 1 aliphatic heterocycles. The minimum absolute atomic E-state index is 0.0427. The van der Waals surface area contributed by atoms with E-state index in [0.29, 0.717) is 13.0 Å². The summed E-state index contributed by atoms with van der Waals surface area (Å²) in [4.78, 5) is 23.7. The second-order valence-corrected chi connectivity index (χ2v) is 8.59. The number of anilines is 1. The van der Waals surface area contributed by atoms with Gasteiger partial charge in [-0.3, -0.25) is 9.13 Å². The number of rotatable bonds is 5. The fourth-order valence-corrected chi connectivity index (χ4v) is 4.90. The SMILES string of the molecule is COc1ncnc2c1n(Cc1ccccc1C(F)(F)F)c(=O)n2[C@@H]1CCN(c2c(F)cccc2C#N)C1. The van der Waals surface area contributed by atoms with Gasteiger partial charge in [0.1, 0.15) is 18.2 Å². The Morgan fingerprint density at radius 2 is 1.95 bits per heavy atom. The predicted octanol–water partition coefficient (Wildman–Crippen LogP) is 4.13. The summed E-state index contributed by atoms with van der Waals surface area (Å²) in [6.07, 6.45) is -2.98. The maximum absolute atomic E-state index is 14.6. The Labute approximate surface area is 208 Å². The van der Waals surface area contributed by atoms with E-state index >= 15 is 0 Å². The number of alkyl halides is 3. The number of nitrogens with zero attached hydrogens (tertiary/aromatic N) is 6. The van der Waals surface area contributed by atoms with Crippen LogP contribution in [0.15, 0.2) is 53.6 Å². The number of halogens is 4. The van der Waals surface area contributed by atoms with Crippen molar-refractivity contribution in [2.45, 2.75) is 25.2 Å². The van der Waals surface area contributed by atoms with Crippen LogP contribution in [-0.2, 0) is 12.7 Å². The van der Waals surface area contributed by atoms with Gasteiger partial charge < -0.3 is 9.64 Å². The number of fused-ring (bicyclic) bond motifs is 1. The molecule has 0 saturated carbocycles. The number of imidazole rings is 1. The Bertz CT molecular complexity index is 1590. The summed E-state index contributed by atoms with van der Waals surface area (Å²) >= 11 is 0. The van der Waals surface area contributed by atoms with E-state index in [1.807, 2.05) is 6.07 Å². The van der Waals surface area contributed by atoms with Gasteiger partial charge >= 0.3 is 11.9 Å². The summed E-state index contributed by atoms with van der Waals surface area (Å²) in [6, 6.07) is 10.8. The van der Waals surface area contributed by atoms with Crippen molar-refractivity contribution in [2.24, 2.45) is 0 Å². The van der Waals surface area contributed by atoms with Crippen molar-refractivity contribution < 1.29 is 22.3 Å². The maximum atomic E-state index is 14.6. The second-order valence-electron chi connectivity index (χ2n) is 8.59. The summed E-state index contributed by atoms with van der Waals surface area (Å²) in [5, 5.41) is 9.44. The molecule has 1 fully saturated rings. The second kappa shape index (κ2) is 9.24. The average molecular weight is 512 g/mol. The molecule has 1 atom stereocenters. The first kappa shape index (κ1) is 24.3. The van der Waals surface area contributed by atoms with Gasteiger partial charge in [0.25, 0.3) is 0 Å². The van der Waals surface area contributed by atoms with Gasteiger partial charge in [-0.1, -0.05) is 24.3 Å². The molecule has 5 rings (SSSR count). The molecule has 0 aliphatic carbocycles. The first-order valence-electron chi connectivity index (χ1n) is 11.3. The number of ether oxygens (including phenoxy) is 1. The number of nitriles is 1. The highest BCUT2D eigenvalue weighted by atomic mass is 19.4. The molecular formula is C25H20F4N6O2. The van der Waals surface area contributed by atoms with Crippen LogP contribution in [0.3, 0.4) is 0 Å². The highest BCUT2D eigenvalue weighted by molar-refractivity contribution is 5.77. The number of hydrogen-bond acceptors (Lipinski definition) is 6. The minimum atomic E-state index is -4.61. The summed E-state index contributed by atoms with van der Waals surface area (Å²) in [5.41, 5.74) is -0.865. The standard InChI is InChI=1S/C25H20F4N6O2/c1-37-23-21-22(31-14-32-23)35(17-9-10-33(13-17)20-15(11-30)6-4-8-19(20)26)24(36)34(21)12-16-5-2-3-7-18(16)25(27,28)29/h2-8,14,17H,9-10,12-13H2,1H3/t17-/m1/s1. The van der Waals surface area contributed by atoms with E-state index in [2.05, 4.69) is 9.97 Å². The molecule has 2 aromatic carbocycles. The molecule has 4 aromatic rings. The van der Waals surface area contributed by atoms with Crippen molar-refractivity contribution in [3.8, 4) is 11.9 Å². The third kappa shape index (κ3) is 4.16. The highest BCUT2D eigenvalue weighted by Crippen LogP contribution is 2.35. The molecule has 0 amide bonds. The van der Waals surface area contributed by atoms with Gasteiger partial charge in [0.15, 0.2) is 11.2 Å². The lowest BCUT2D eigenvalue weighted by Crippen LogP contribution is -2.30. The number of aromatic nitrogens is 4. The van der Waals surface area contributed by atoms with Crippen molar-refractivity contribution in [2.75, 3.05) is 25.1 Å². The number of benzene rings is 2. The average Bonchev–Trinajstić information content (AvgIpc) is 3.45. The molecule has 8 nitrogen and oxygen atoms in total. The summed E-state index contributed by atoms with van der Waals surface area (Å²) in [6.45, 7) is 0.169. The molecule has 0 N–H and O–H groups in total. The van der Waals surface area contributed by atoms with Gasteiger partial charge in [-0.05, 0) is 30.2 Å². The largest absolute Gasteiger partial charge is 0.479 e. The molecule has 190 valence electrons. The van der Waals surface area contributed by atoms with E-state index in [-0.39, 0.29) is 46.9 Å². The third-order valence-corrected chi connectivity index (χ3v) is 6.50. The molecule has 1 saturated heterocycles. The van der Waals surface area contributed by atoms with E-state index < -0.39 is 29.3 Å². The number of methoxy groups -OCH3 is 1. The minimum Gasteiger partial charge on any atom is -0.479 e. The van der Waals surface area contributed by atoms with Crippen LogP contribution >= 0.6 is 0 Å². The van der Waals surface area contributed by atoms with Crippen LogP contribution in [0, 0.1) is 17.1 Å².